The number of hydrogen-bond acceptors (Lipinski definition) is 5. The molecule has 1 fully saturated rings. The van der Waals surface area contributed by atoms with Crippen LogP contribution < -0.4 is 16.0 Å². The third-order valence-electron chi connectivity index (χ3n) is 6.59. The molecule has 180 valence electrons. The van der Waals surface area contributed by atoms with Gasteiger partial charge in [-0.05, 0) is 53.4 Å². The van der Waals surface area contributed by atoms with Crippen molar-refractivity contribution in [2.45, 2.75) is 38.6 Å². The van der Waals surface area contributed by atoms with Crippen molar-refractivity contribution in [1.29, 1.82) is 0 Å². The highest BCUT2D eigenvalue weighted by molar-refractivity contribution is 5.97. The molecular weight excluding hydrogens is 440 g/mol. The smallest absolute Gasteiger partial charge is 0.302 e. The van der Waals surface area contributed by atoms with E-state index in [2.05, 4.69) is 51.3 Å². The monoisotopic (exact) mass is 470 g/mol. The number of nitrogens with zero attached hydrogens (tertiary/aromatic N) is 1. The van der Waals surface area contributed by atoms with E-state index in [1.807, 2.05) is 12.1 Å². The molecule has 3 N–H and O–H groups in total. The normalized spacial score (nSPS) is 14.3. The standard InChI is InChI=1S/C28H30N4O3/c33-26(30-15-14-29-18-19-10-11-20-6-4-5-9-22(20)16-19)23-12-13-24-25(17-23)35-28(31-24)32-27(34)21-7-2-1-3-8-21/h4-6,9-13,16-17,21,29H,1-3,7-8,14-15,18H2,(H,30,33)(H,31,32,34). The Hall–Kier alpha value is -3.71. The van der Waals surface area contributed by atoms with Crippen LogP contribution in [-0.2, 0) is 11.3 Å². The average molecular weight is 471 g/mol. The first kappa shape index (κ1) is 23.1. The topological polar surface area (TPSA) is 96.3 Å². The summed E-state index contributed by atoms with van der Waals surface area (Å²) < 4.78 is 5.71. The minimum atomic E-state index is -0.177. The fraction of sp³-hybridized carbons (Fsp3) is 0.321. The first-order chi connectivity index (χ1) is 17.2. The van der Waals surface area contributed by atoms with Crippen LogP contribution >= 0.6 is 0 Å². The largest absolute Gasteiger partial charge is 0.423 e. The van der Waals surface area contributed by atoms with Gasteiger partial charge in [-0.15, -0.1) is 0 Å². The molecule has 35 heavy (non-hydrogen) atoms. The highest BCUT2D eigenvalue weighted by Crippen LogP contribution is 2.26. The molecular formula is C28H30N4O3. The van der Waals surface area contributed by atoms with E-state index in [-0.39, 0.29) is 23.7 Å². The number of rotatable bonds is 8. The fourth-order valence-electron chi connectivity index (χ4n) is 4.64. The molecule has 3 aromatic carbocycles. The Morgan fingerprint density at radius 2 is 1.74 bits per heavy atom. The van der Waals surface area contributed by atoms with Crippen LogP contribution in [0.2, 0.25) is 0 Å². The molecule has 0 radical (unpaired) electrons. The van der Waals surface area contributed by atoms with Crippen molar-refractivity contribution in [3.63, 3.8) is 0 Å². The van der Waals surface area contributed by atoms with Gasteiger partial charge < -0.3 is 15.1 Å². The SMILES string of the molecule is O=C(NCCNCc1ccc2ccccc2c1)c1ccc2nc(NC(=O)C3CCCCC3)oc2c1. The molecule has 2 amide bonds. The maximum absolute atomic E-state index is 12.6. The van der Waals surface area contributed by atoms with Gasteiger partial charge in [0.25, 0.3) is 5.91 Å². The van der Waals surface area contributed by atoms with Crippen LogP contribution in [0.3, 0.4) is 0 Å². The van der Waals surface area contributed by atoms with Gasteiger partial charge >= 0.3 is 6.01 Å². The second kappa shape index (κ2) is 10.7. The van der Waals surface area contributed by atoms with Crippen molar-refractivity contribution in [2.24, 2.45) is 5.92 Å². The lowest BCUT2D eigenvalue weighted by atomic mass is 9.89. The van der Waals surface area contributed by atoms with Crippen LogP contribution in [0.5, 0.6) is 0 Å². The van der Waals surface area contributed by atoms with E-state index in [0.29, 0.717) is 29.8 Å². The molecule has 7 heteroatoms. The van der Waals surface area contributed by atoms with E-state index in [1.165, 1.54) is 22.8 Å². The van der Waals surface area contributed by atoms with Crippen LogP contribution in [0.4, 0.5) is 6.01 Å². The maximum atomic E-state index is 12.6. The van der Waals surface area contributed by atoms with E-state index >= 15 is 0 Å². The van der Waals surface area contributed by atoms with Gasteiger partial charge in [0.05, 0.1) is 0 Å². The Bertz CT molecular complexity index is 1340. The highest BCUT2D eigenvalue weighted by Gasteiger charge is 2.22. The third-order valence-corrected chi connectivity index (χ3v) is 6.59. The number of oxazole rings is 1. The van der Waals surface area contributed by atoms with Crippen LogP contribution in [0.25, 0.3) is 21.9 Å². The summed E-state index contributed by atoms with van der Waals surface area (Å²) in [7, 11) is 0. The van der Waals surface area contributed by atoms with Gasteiger partial charge in [0.15, 0.2) is 5.58 Å². The van der Waals surface area contributed by atoms with Crippen LogP contribution in [-0.4, -0.2) is 29.9 Å². The Balaban J connectivity index is 1.10. The van der Waals surface area contributed by atoms with E-state index in [4.69, 9.17) is 4.42 Å². The number of amides is 2. The minimum absolute atomic E-state index is 0.0231. The molecule has 1 aliphatic rings. The van der Waals surface area contributed by atoms with Crippen molar-refractivity contribution in [3.05, 3.63) is 71.8 Å². The zero-order valence-corrected chi connectivity index (χ0v) is 19.7. The lowest BCUT2D eigenvalue weighted by Crippen LogP contribution is -2.31. The van der Waals surface area contributed by atoms with Crippen LogP contribution in [0.1, 0.15) is 48.0 Å². The molecule has 4 aromatic rings. The van der Waals surface area contributed by atoms with Gasteiger partial charge in [0, 0.05) is 31.1 Å². The van der Waals surface area contributed by atoms with Crippen LogP contribution in [0, 0.1) is 5.92 Å². The number of aromatic nitrogens is 1. The first-order valence-corrected chi connectivity index (χ1v) is 12.3. The predicted molar refractivity (Wildman–Crippen MR) is 137 cm³/mol. The Morgan fingerprint density at radius 3 is 2.60 bits per heavy atom. The maximum Gasteiger partial charge on any atom is 0.302 e. The van der Waals surface area contributed by atoms with Crippen molar-refractivity contribution in [2.75, 3.05) is 18.4 Å². The van der Waals surface area contributed by atoms with Crippen molar-refractivity contribution in [1.82, 2.24) is 15.6 Å². The summed E-state index contributed by atoms with van der Waals surface area (Å²) >= 11 is 0. The third kappa shape index (κ3) is 5.69. The average Bonchev–Trinajstić information content (AvgIpc) is 3.30. The van der Waals surface area contributed by atoms with Gasteiger partial charge in [-0.25, -0.2) is 0 Å². The lowest BCUT2D eigenvalue weighted by Gasteiger charge is -2.19. The quantitative estimate of drug-likeness (QED) is 0.314. The van der Waals surface area contributed by atoms with Crippen molar-refractivity contribution >= 4 is 39.7 Å². The van der Waals surface area contributed by atoms with Gasteiger partial charge in [-0.2, -0.15) is 4.98 Å². The summed E-state index contributed by atoms with van der Waals surface area (Å²) in [5.41, 5.74) is 2.79. The molecule has 0 aliphatic heterocycles. The number of carbonyl (C=O) groups excluding carboxylic acids is 2. The summed E-state index contributed by atoms with van der Waals surface area (Å²) in [6.45, 7) is 1.89. The molecule has 0 atom stereocenters. The second-order valence-electron chi connectivity index (χ2n) is 9.14. The minimum Gasteiger partial charge on any atom is -0.423 e. The van der Waals surface area contributed by atoms with Gasteiger partial charge in [-0.1, -0.05) is 55.7 Å². The lowest BCUT2D eigenvalue weighted by molar-refractivity contribution is -0.120. The van der Waals surface area contributed by atoms with E-state index in [9.17, 15) is 9.59 Å². The molecule has 1 aromatic heterocycles. The number of anilines is 1. The summed E-state index contributed by atoms with van der Waals surface area (Å²) in [5, 5.41) is 11.5. The summed E-state index contributed by atoms with van der Waals surface area (Å²) in [6.07, 6.45) is 5.19. The number of fused-ring (bicyclic) bond motifs is 2. The summed E-state index contributed by atoms with van der Waals surface area (Å²) in [5.74, 6) is -0.191. The van der Waals surface area contributed by atoms with Crippen molar-refractivity contribution < 1.29 is 14.0 Å². The first-order valence-electron chi connectivity index (χ1n) is 12.3. The fourth-order valence-corrected chi connectivity index (χ4v) is 4.64. The molecule has 5 rings (SSSR count). The molecule has 0 bridgehead atoms. The molecule has 1 heterocycles. The zero-order valence-electron chi connectivity index (χ0n) is 19.7. The Labute approximate surface area is 204 Å². The van der Waals surface area contributed by atoms with Crippen molar-refractivity contribution in [3.8, 4) is 0 Å². The number of benzene rings is 3. The van der Waals surface area contributed by atoms with E-state index in [0.717, 1.165) is 32.2 Å². The second-order valence-corrected chi connectivity index (χ2v) is 9.14. The Morgan fingerprint density at radius 1 is 0.914 bits per heavy atom. The number of carbonyl (C=O) groups is 2. The van der Waals surface area contributed by atoms with E-state index < -0.39 is 0 Å². The number of nitrogens with one attached hydrogen (secondary N) is 3. The molecule has 0 spiro atoms. The van der Waals surface area contributed by atoms with Gasteiger partial charge in [0.1, 0.15) is 5.52 Å². The molecule has 1 aliphatic carbocycles. The predicted octanol–water partition coefficient (Wildman–Crippen LogP) is 5.02. The summed E-state index contributed by atoms with van der Waals surface area (Å²) in [6, 6.07) is 20.0. The zero-order chi connectivity index (χ0) is 24.0. The molecule has 7 nitrogen and oxygen atoms in total. The molecule has 0 saturated heterocycles. The Kier molecular flexibility index (Phi) is 7.04. The molecule has 1 saturated carbocycles. The highest BCUT2D eigenvalue weighted by atomic mass is 16.4. The van der Waals surface area contributed by atoms with E-state index in [1.54, 1.807) is 18.2 Å². The number of hydrogen-bond donors (Lipinski definition) is 3. The summed E-state index contributed by atoms with van der Waals surface area (Å²) in [4.78, 5) is 29.4. The van der Waals surface area contributed by atoms with Gasteiger partial charge in [0.2, 0.25) is 5.91 Å². The molecule has 0 unspecified atom stereocenters. The van der Waals surface area contributed by atoms with Gasteiger partial charge in [-0.3, -0.25) is 14.9 Å². The van der Waals surface area contributed by atoms with Crippen LogP contribution in [0.15, 0.2) is 65.1 Å².